The summed E-state index contributed by atoms with van der Waals surface area (Å²) in [5.74, 6) is 0.293. The molecule has 1 unspecified atom stereocenters. The highest BCUT2D eigenvalue weighted by molar-refractivity contribution is 7.13. The summed E-state index contributed by atoms with van der Waals surface area (Å²) in [6.45, 7) is 9.38. The van der Waals surface area contributed by atoms with Gasteiger partial charge in [0, 0.05) is 44.3 Å². The third-order valence-corrected chi connectivity index (χ3v) is 6.00. The molecule has 8 heteroatoms. The lowest BCUT2D eigenvalue weighted by molar-refractivity contribution is -0.133. The number of anilines is 1. The van der Waals surface area contributed by atoms with Crippen LogP contribution in [0.25, 0.3) is 0 Å². The van der Waals surface area contributed by atoms with Crippen molar-refractivity contribution in [1.29, 1.82) is 0 Å². The smallest absolute Gasteiger partial charge is 0.315 e. The maximum atomic E-state index is 13.1. The van der Waals surface area contributed by atoms with Gasteiger partial charge in [-0.15, -0.1) is 11.3 Å². The molecule has 1 atom stereocenters. The molecule has 0 saturated carbocycles. The standard InChI is InChI=1S/C22H31N5O2S/c1-16(2)14-19(25-21(29)24-15-18-6-4-17(3)5-7-18)20(28)26-9-11-27(12-10-26)22-23-8-13-30-22/h4-8,13,16,19H,9-12,14-15H2,1-3H3,(H2,24,25,29). The quantitative estimate of drug-likeness (QED) is 0.709. The third-order valence-electron chi connectivity index (χ3n) is 5.17. The first-order valence-corrected chi connectivity index (χ1v) is 11.3. The summed E-state index contributed by atoms with van der Waals surface area (Å²) in [6.07, 6.45) is 2.42. The molecule has 0 spiro atoms. The molecule has 2 heterocycles. The first-order valence-electron chi connectivity index (χ1n) is 10.5. The Morgan fingerprint density at radius 2 is 1.83 bits per heavy atom. The van der Waals surface area contributed by atoms with E-state index in [4.69, 9.17) is 0 Å². The van der Waals surface area contributed by atoms with Crippen LogP contribution in [-0.2, 0) is 11.3 Å². The number of amides is 3. The molecule has 1 aliphatic rings. The summed E-state index contributed by atoms with van der Waals surface area (Å²) < 4.78 is 0. The minimum atomic E-state index is -0.519. The van der Waals surface area contributed by atoms with Gasteiger partial charge < -0.3 is 20.4 Å². The number of aryl methyl sites for hydroxylation is 1. The predicted molar refractivity (Wildman–Crippen MR) is 121 cm³/mol. The lowest BCUT2D eigenvalue weighted by atomic mass is 10.0. The topological polar surface area (TPSA) is 77.6 Å². The third kappa shape index (κ3) is 6.19. The minimum absolute atomic E-state index is 0.00650. The van der Waals surface area contributed by atoms with Crippen LogP contribution in [0.4, 0.5) is 9.93 Å². The number of benzene rings is 1. The number of thiazole rings is 1. The Bertz CT molecular complexity index is 815. The van der Waals surface area contributed by atoms with E-state index in [1.807, 2.05) is 41.5 Å². The zero-order valence-corrected chi connectivity index (χ0v) is 18.7. The number of rotatable bonds is 7. The van der Waals surface area contributed by atoms with Crippen LogP contribution in [0.3, 0.4) is 0 Å². The number of aromatic nitrogens is 1. The minimum Gasteiger partial charge on any atom is -0.345 e. The average Bonchev–Trinajstić information content (AvgIpc) is 3.27. The molecule has 2 aromatic rings. The highest BCUT2D eigenvalue weighted by Gasteiger charge is 2.29. The van der Waals surface area contributed by atoms with Gasteiger partial charge in [-0.3, -0.25) is 4.79 Å². The fraction of sp³-hybridized carbons (Fsp3) is 0.500. The molecule has 1 aliphatic heterocycles. The normalized spacial score (nSPS) is 15.2. The zero-order valence-electron chi connectivity index (χ0n) is 17.9. The molecule has 3 rings (SSSR count). The van der Waals surface area contributed by atoms with Gasteiger partial charge >= 0.3 is 6.03 Å². The fourth-order valence-corrected chi connectivity index (χ4v) is 4.20. The van der Waals surface area contributed by atoms with Crippen molar-refractivity contribution >= 4 is 28.4 Å². The van der Waals surface area contributed by atoms with Crippen molar-refractivity contribution in [2.75, 3.05) is 31.1 Å². The highest BCUT2D eigenvalue weighted by Crippen LogP contribution is 2.19. The largest absolute Gasteiger partial charge is 0.345 e. The molecular formula is C22H31N5O2S. The van der Waals surface area contributed by atoms with Crippen LogP contribution in [-0.4, -0.2) is 54.0 Å². The van der Waals surface area contributed by atoms with Crippen LogP contribution in [0.5, 0.6) is 0 Å². The number of piperazine rings is 1. The van der Waals surface area contributed by atoms with E-state index in [1.54, 1.807) is 17.5 Å². The monoisotopic (exact) mass is 429 g/mol. The number of hydrogen-bond acceptors (Lipinski definition) is 5. The Labute approximate surface area is 182 Å². The average molecular weight is 430 g/mol. The van der Waals surface area contributed by atoms with E-state index in [1.165, 1.54) is 5.56 Å². The predicted octanol–water partition coefficient (Wildman–Crippen LogP) is 3.01. The molecule has 1 saturated heterocycles. The van der Waals surface area contributed by atoms with Crippen molar-refractivity contribution in [1.82, 2.24) is 20.5 Å². The highest BCUT2D eigenvalue weighted by atomic mass is 32.1. The molecule has 2 N–H and O–H groups in total. The van der Waals surface area contributed by atoms with Crippen LogP contribution < -0.4 is 15.5 Å². The molecule has 0 aliphatic carbocycles. The number of carbonyl (C=O) groups excluding carboxylic acids is 2. The Balaban J connectivity index is 1.53. The van der Waals surface area contributed by atoms with Crippen LogP contribution in [0.2, 0.25) is 0 Å². The van der Waals surface area contributed by atoms with Crippen molar-refractivity contribution in [2.45, 2.75) is 39.8 Å². The summed E-state index contributed by atoms with van der Waals surface area (Å²) >= 11 is 1.61. The number of urea groups is 1. The second-order valence-corrected chi connectivity index (χ2v) is 8.99. The van der Waals surface area contributed by atoms with Crippen molar-refractivity contribution < 1.29 is 9.59 Å². The Morgan fingerprint density at radius 3 is 2.43 bits per heavy atom. The number of hydrogen-bond donors (Lipinski definition) is 2. The van der Waals surface area contributed by atoms with Crippen LogP contribution in [0, 0.1) is 12.8 Å². The lowest BCUT2D eigenvalue weighted by Gasteiger charge is -2.36. The van der Waals surface area contributed by atoms with E-state index < -0.39 is 6.04 Å². The molecule has 7 nitrogen and oxygen atoms in total. The number of nitrogens with one attached hydrogen (secondary N) is 2. The van der Waals surface area contributed by atoms with Gasteiger partial charge in [-0.1, -0.05) is 43.7 Å². The summed E-state index contributed by atoms with van der Waals surface area (Å²) in [4.78, 5) is 34.0. The van der Waals surface area contributed by atoms with Crippen LogP contribution >= 0.6 is 11.3 Å². The van der Waals surface area contributed by atoms with E-state index in [0.717, 1.165) is 23.8 Å². The number of carbonyl (C=O) groups is 2. The van der Waals surface area contributed by atoms with E-state index in [2.05, 4.69) is 34.4 Å². The number of nitrogens with zero attached hydrogens (tertiary/aromatic N) is 3. The van der Waals surface area contributed by atoms with Crippen molar-refractivity contribution in [3.8, 4) is 0 Å². The van der Waals surface area contributed by atoms with Crippen molar-refractivity contribution in [3.05, 3.63) is 47.0 Å². The molecular weight excluding hydrogens is 398 g/mol. The molecule has 162 valence electrons. The maximum Gasteiger partial charge on any atom is 0.315 e. The summed E-state index contributed by atoms with van der Waals surface area (Å²) in [6, 6.07) is 7.20. The SMILES string of the molecule is Cc1ccc(CNC(=O)NC(CC(C)C)C(=O)N2CCN(c3nccs3)CC2)cc1. The van der Waals surface area contributed by atoms with Crippen molar-refractivity contribution in [2.24, 2.45) is 5.92 Å². The van der Waals surface area contributed by atoms with Gasteiger partial charge in [0.1, 0.15) is 6.04 Å². The van der Waals surface area contributed by atoms with E-state index in [0.29, 0.717) is 32.0 Å². The van der Waals surface area contributed by atoms with Gasteiger partial charge in [-0.25, -0.2) is 9.78 Å². The second kappa shape index (κ2) is 10.4. The van der Waals surface area contributed by atoms with Gasteiger partial charge in [0.25, 0.3) is 0 Å². The van der Waals surface area contributed by atoms with Gasteiger partial charge in [-0.2, -0.15) is 0 Å². The lowest BCUT2D eigenvalue weighted by Crippen LogP contribution is -2.56. The van der Waals surface area contributed by atoms with Crippen LogP contribution in [0.1, 0.15) is 31.4 Å². The van der Waals surface area contributed by atoms with Gasteiger partial charge in [0.2, 0.25) is 5.91 Å². The molecule has 30 heavy (non-hydrogen) atoms. The Kier molecular flexibility index (Phi) is 7.68. The Hall–Kier alpha value is -2.61. The molecule has 3 amide bonds. The van der Waals surface area contributed by atoms with E-state index in [-0.39, 0.29) is 11.9 Å². The first kappa shape index (κ1) is 22.1. The molecule has 1 aromatic heterocycles. The summed E-state index contributed by atoms with van der Waals surface area (Å²) in [5, 5.41) is 8.73. The fourth-order valence-electron chi connectivity index (χ4n) is 3.50. The zero-order chi connectivity index (χ0) is 21.5. The van der Waals surface area contributed by atoms with E-state index >= 15 is 0 Å². The molecule has 1 aromatic carbocycles. The van der Waals surface area contributed by atoms with Gasteiger partial charge in [-0.05, 0) is 24.8 Å². The Morgan fingerprint density at radius 1 is 1.13 bits per heavy atom. The second-order valence-electron chi connectivity index (χ2n) is 8.12. The van der Waals surface area contributed by atoms with Crippen molar-refractivity contribution in [3.63, 3.8) is 0 Å². The summed E-state index contributed by atoms with van der Waals surface area (Å²) in [7, 11) is 0. The summed E-state index contributed by atoms with van der Waals surface area (Å²) in [5.41, 5.74) is 2.21. The maximum absolute atomic E-state index is 13.1. The molecule has 1 fully saturated rings. The van der Waals surface area contributed by atoms with Gasteiger partial charge in [0.15, 0.2) is 5.13 Å². The van der Waals surface area contributed by atoms with E-state index in [9.17, 15) is 9.59 Å². The first-order chi connectivity index (χ1) is 14.4. The van der Waals surface area contributed by atoms with Gasteiger partial charge in [0.05, 0.1) is 0 Å². The van der Waals surface area contributed by atoms with Crippen LogP contribution in [0.15, 0.2) is 35.8 Å². The molecule has 0 radical (unpaired) electrons. The molecule has 0 bridgehead atoms.